The van der Waals surface area contributed by atoms with Gasteiger partial charge in [0, 0.05) is 17.4 Å². The van der Waals surface area contributed by atoms with E-state index in [-0.39, 0.29) is 34.2 Å². The van der Waals surface area contributed by atoms with Gasteiger partial charge in [-0.2, -0.15) is 10.1 Å². The molecular weight excluding hydrogens is 516 g/mol. The van der Waals surface area contributed by atoms with Crippen LogP contribution in [0.3, 0.4) is 0 Å². The molecule has 4 aromatic rings. The average Bonchev–Trinajstić information content (AvgIpc) is 3.54. The Morgan fingerprint density at radius 1 is 0.872 bits per heavy atom. The summed E-state index contributed by atoms with van der Waals surface area (Å²) in [7, 11) is 1.28. The van der Waals surface area contributed by atoms with Crippen LogP contribution in [0.5, 0.6) is 0 Å². The third-order valence-electron chi connectivity index (χ3n) is 8.01. The van der Waals surface area contributed by atoms with Crippen molar-refractivity contribution >= 4 is 35.6 Å². The van der Waals surface area contributed by atoms with Crippen LogP contribution in [0.15, 0.2) is 88.4 Å². The predicted molar refractivity (Wildman–Crippen MR) is 143 cm³/mol. The number of hydrogen-bond acceptors (Lipinski definition) is 6. The fraction of sp³-hybridized carbons (Fsp3) is 0.161. The Balaban J connectivity index is 1.20. The second kappa shape index (κ2) is 8.78. The van der Waals surface area contributed by atoms with Gasteiger partial charge in [0.15, 0.2) is 0 Å². The molecule has 7 nitrogen and oxygen atoms in total. The maximum absolute atomic E-state index is 13.7. The first-order valence-electron chi connectivity index (χ1n) is 12.6. The molecule has 8 rings (SSSR count). The Morgan fingerprint density at radius 3 is 1.97 bits per heavy atom. The van der Waals surface area contributed by atoms with Crippen molar-refractivity contribution in [1.82, 2.24) is 5.01 Å². The highest BCUT2D eigenvalue weighted by Crippen LogP contribution is 2.60. The molecule has 0 N–H and O–H groups in total. The summed E-state index contributed by atoms with van der Waals surface area (Å²) < 4.78 is 10.7. The maximum Gasteiger partial charge on any atom is 0.339 e. The molecule has 3 aliphatic carbocycles. The number of hydrogen-bond donors (Lipinski definition) is 0. The first-order chi connectivity index (χ1) is 19.0. The molecular formula is C31H21ClN2O5. The summed E-state index contributed by atoms with van der Waals surface area (Å²) in [6, 6.07) is 24.5. The Morgan fingerprint density at radius 2 is 1.44 bits per heavy atom. The van der Waals surface area contributed by atoms with Crippen LogP contribution >= 0.6 is 11.6 Å². The first-order valence-corrected chi connectivity index (χ1v) is 12.9. The Hall–Kier alpha value is -4.49. The van der Waals surface area contributed by atoms with E-state index < -0.39 is 17.8 Å². The molecule has 192 valence electrons. The number of rotatable bonds is 4. The van der Waals surface area contributed by atoms with Crippen LogP contribution in [0.4, 0.5) is 0 Å². The van der Waals surface area contributed by atoms with Crippen molar-refractivity contribution in [2.24, 2.45) is 16.9 Å². The molecule has 0 saturated carbocycles. The van der Waals surface area contributed by atoms with Gasteiger partial charge in [-0.25, -0.2) is 4.79 Å². The number of amides is 2. The second-order valence-electron chi connectivity index (χ2n) is 9.89. The number of carbonyl (C=O) groups is 3. The van der Waals surface area contributed by atoms with Gasteiger partial charge in [-0.1, -0.05) is 60.1 Å². The molecule has 0 spiro atoms. The lowest BCUT2D eigenvalue weighted by atomic mass is 9.55. The summed E-state index contributed by atoms with van der Waals surface area (Å²) in [5.74, 6) is -1.70. The van der Waals surface area contributed by atoms with E-state index in [1.807, 2.05) is 24.3 Å². The normalized spacial score (nSPS) is 22.7. The fourth-order valence-corrected chi connectivity index (χ4v) is 6.61. The lowest BCUT2D eigenvalue weighted by Gasteiger charge is -2.45. The fourth-order valence-electron chi connectivity index (χ4n) is 6.41. The molecule has 3 aromatic carbocycles. The minimum Gasteiger partial charge on any atom is -0.465 e. The lowest BCUT2D eigenvalue weighted by Crippen LogP contribution is -2.41. The topological polar surface area (TPSA) is 89.2 Å². The number of benzene rings is 3. The zero-order chi connectivity index (χ0) is 26.8. The van der Waals surface area contributed by atoms with Crippen LogP contribution in [0.2, 0.25) is 5.02 Å². The van der Waals surface area contributed by atoms with Gasteiger partial charge in [0.05, 0.1) is 35.7 Å². The lowest BCUT2D eigenvalue weighted by molar-refractivity contribution is -0.139. The van der Waals surface area contributed by atoms with Crippen molar-refractivity contribution in [3.63, 3.8) is 0 Å². The van der Waals surface area contributed by atoms with Gasteiger partial charge in [0.2, 0.25) is 0 Å². The SMILES string of the molecule is COC(=O)c1cc(-c2ccc(/C=N\N3C(=O)[C@@H]4C5c6ccccc6C(c6ccccc65)[C@@H]4C3=O)o2)ccc1Cl. The number of esters is 1. The van der Waals surface area contributed by atoms with E-state index in [0.717, 1.165) is 27.3 Å². The van der Waals surface area contributed by atoms with Gasteiger partial charge < -0.3 is 9.15 Å². The zero-order valence-corrected chi connectivity index (χ0v) is 21.5. The summed E-state index contributed by atoms with van der Waals surface area (Å²) >= 11 is 6.13. The van der Waals surface area contributed by atoms with Gasteiger partial charge >= 0.3 is 5.97 Å². The molecule has 4 aliphatic rings. The van der Waals surface area contributed by atoms with Gasteiger partial charge in [0.1, 0.15) is 11.5 Å². The van der Waals surface area contributed by atoms with Gasteiger partial charge in [0.25, 0.3) is 11.8 Å². The van der Waals surface area contributed by atoms with E-state index in [1.165, 1.54) is 13.3 Å². The van der Waals surface area contributed by atoms with E-state index in [2.05, 4.69) is 29.4 Å². The van der Waals surface area contributed by atoms with E-state index in [9.17, 15) is 14.4 Å². The third kappa shape index (κ3) is 3.43. The molecule has 1 fully saturated rings. The Kier molecular flexibility index (Phi) is 5.32. The first kappa shape index (κ1) is 23.6. The molecule has 2 heterocycles. The number of ether oxygens (including phenoxy) is 1. The number of hydrazone groups is 1. The number of imide groups is 1. The molecule has 0 radical (unpaired) electrons. The molecule has 0 unspecified atom stereocenters. The number of furan rings is 1. The number of nitrogens with zero attached hydrogens (tertiary/aromatic N) is 2. The van der Waals surface area contributed by atoms with Crippen molar-refractivity contribution in [3.05, 3.63) is 117 Å². The molecule has 2 bridgehead atoms. The van der Waals surface area contributed by atoms with E-state index in [0.29, 0.717) is 17.1 Å². The van der Waals surface area contributed by atoms with Gasteiger partial charge in [-0.05, 0) is 52.6 Å². The van der Waals surface area contributed by atoms with Gasteiger partial charge in [-0.15, -0.1) is 0 Å². The van der Waals surface area contributed by atoms with Crippen LogP contribution in [0.25, 0.3) is 11.3 Å². The van der Waals surface area contributed by atoms with Crippen LogP contribution in [0.1, 0.15) is 50.2 Å². The number of methoxy groups -OCH3 is 1. The minimum atomic E-state index is -0.555. The average molecular weight is 537 g/mol. The van der Waals surface area contributed by atoms with E-state index in [4.69, 9.17) is 20.8 Å². The molecule has 1 aromatic heterocycles. The van der Waals surface area contributed by atoms with Gasteiger partial charge in [-0.3, -0.25) is 9.59 Å². The Bertz CT molecular complexity index is 1610. The quantitative estimate of drug-likeness (QED) is 0.192. The smallest absolute Gasteiger partial charge is 0.339 e. The van der Waals surface area contributed by atoms with Crippen molar-refractivity contribution in [3.8, 4) is 11.3 Å². The summed E-state index contributed by atoms with van der Waals surface area (Å²) in [5.41, 5.74) is 5.28. The highest BCUT2D eigenvalue weighted by atomic mass is 35.5. The van der Waals surface area contributed by atoms with Crippen LogP contribution in [-0.2, 0) is 14.3 Å². The Labute approximate surface area is 228 Å². The summed E-state index contributed by atoms with van der Waals surface area (Å²) in [5, 5.41) is 5.58. The number of halogens is 1. The highest BCUT2D eigenvalue weighted by Gasteiger charge is 2.61. The van der Waals surface area contributed by atoms with Crippen molar-refractivity contribution in [2.45, 2.75) is 11.8 Å². The predicted octanol–water partition coefficient (Wildman–Crippen LogP) is 5.61. The molecule has 8 heteroatoms. The summed E-state index contributed by atoms with van der Waals surface area (Å²) in [6.45, 7) is 0. The van der Waals surface area contributed by atoms with E-state index in [1.54, 1.807) is 30.3 Å². The second-order valence-corrected chi connectivity index (χ2v) is 10.3. The van der Waals surface area contributed by atoms with E-state index >= 15 is 0 Å². The van der Waals surface area contributed by atoms with Crippen LogP contribution in [0, 0.1) is 11.8 Å². The van der Waals surface area contributed by atoms with Crippen molar-refractivity contribution in [1.29, 1.82) is 0 Å². The molecule has 39 heavy (non-hydrogen) atoms. The summed E-state index contributed by atoms with van der Waals surface area (Å²) in [6.07, 6.45) is 1.37. The summed E-state index contributed by atoms with van der Waals surface area (Å²) in [4.78, 5) is 39.4. The standard InChI is InChI=1S/C31H21ClN2O5/c1-38-31(37)22-14-16(10-12-23(22)32)24-13-11-17(39-24)15-33-34-29(35)27-25-18-6-2-3-7-19(18)26(28(27)30(34)36)21-9-5-4-8-20(21)25/h2-15,25-28H,1H3/b33-15-/t25?,26?,27-,28+. The van der Waals surface area contributed by atoms with Crippen molar-refractivity contribution in [2.75, 3.05) is 7.11 Å². The largest absolute Gasteiger partial charge is 0.465 e. The molecule has 2 amide bonds. The van der Waals surface area contributed by atoms with Crippen LogP contribution < -0.4 is 0 Å². The molecule has 1 saturated heterocycles. The highest BCUT2D eigenvalue weighted by molar-refractivity contribution is 6.33. The van der Waals surface area contributed by atoms with Crippen LogP contribution in [-0.4, -0.2) is 36.1 Å². The van der Waals surface area contributed by atoms with Crippen molar-refractivity contribution < 1.29 is 23.5 Å². The molecule has 1 aliphatic heterocycles. The maximum atomic E-state index is 13.7. The molecule has 2 atom stereocenters. The minimum absolute atomic E-state index is 0.187. The number of carbonyl (C=O) groups excluding carboxylic acids is 3. The monoisotopic (exact) mass is 536 g/mol. The zero-order valence-electron chi connectivity index (χ0n) is 20.7. The third-order valence-corrected chi connectivity index (χ3v) is 8.34.